The first-order chi connectivity index (χ1) is 8.70. The summed E-state index contributed by atoms with van der Waals surface area (Å²) in [6.07, 6.45) is 0. The van der Waals surface area contributed by atoms with E-state index in [0.717, 1.165) is 11.3 Å². The van der Waals surface area contributed by atoms with Crippen LogP contribution in [0.25, 0.3) is 0 Å². The van der Waals surface area contributed by atoms with Crippen LogP contribution in [-0.2, 0) is 0 Å². The highest BCUT2D eigenvalue weighted by molar-refractivity contribution is 6.01. The Balaban J connectivity index is 2.17. The molecule has 0 amide bonds. The van der Waals surface area contributed by atoms with Crippen molar-refractivity contribution in [2.75, 3.05) is 11.9 Å². The zero-order valence-electron chi connectivity index (χ0n) is 10.7. The van der Waals surface area contributed by atoms with Crippen LogP contribution in [0.4, 0.5) is 5.69 Å². The summed E-state index contributed by atoms with van der Waals surface area (Å²) in [6.45, 7) is 1.93. The van der Waals surface area contributed by atoms with Crippen molar-refractivity contribution in [1.82, 2.24) is 0 Å². The fourth-order valence-electron chi connectivity index (χ4n) is 1.91. The van der Waals surface area contributed by atoms with Crippen LogP contribution in [0.3, 0.4) is 0 Å². The molecular formula is C16H17NO. The monoisotopic (exact) mass is 239 g/mol. The Hall–Kier alpha value is -2.09. The molecule has 0 fully saturated rings. The number of carbonyl (C=O) groups is 1. The summed E-state index contributed by atoms with van der Waals surface area (Å²) in [5.74, 6) is 0.141. The van der Waals surface area contributed by atoms with Gasteiger partial charge in [-0.15, -0.1) is 0 Å². The molecule has 0 bridgehead atoms. The SMILES string of the molecule is C[C@H](C(=O)c1ccccc1)N(C)c1ccccc1. The molecule has 0 heterocycles. The van der Waals surface area contributed by atoms with Crippen molar-refractivity contribution in [2.24, 2.45) is 0 Å². The molecule has 0 aliphatic heterocycles. The molecule has 2 rings (SSSR count). The second-order valence-electron chi connectivity index (χ2n) is 4.35. The highest BCUT2D eigenvalue weighted by Gasteiger charge is 2.19. The topological polar surface area (TPSA) is 20.3 Å². The van der Waals surface area contributed by atoms with E-state index in [1.807, 2.05) is 79.5 Å². The fourth-order valence-corrected chi connectivity index (χ4v) is 1.91. The van der Waals surface area contributed by atoms with Gasteiger partial charge in [-0.1, -0.05) is 48.5 Å². The second-order valence-corrected chi connectivity index (χ2v) is 4.35. The zero-order valence-corrected chi connectivity index (χ0v) is 10.7. The number of ketones is 1. The Morgan fingerprint density at radius 1 is 0.944 bits per heavy atom. The number of benzene rings is 2. The van der Waals surface area contributed by atoms with Gasteiger partial charge in [0.1, 0.15) is 0 Å². The van der Waals surface area contributed by atoms with Gasteiger partial charge in [0.2, 0.25) is 0 Å². The summed E-state index contributed by atoms with van der Waals surface area (Å²) >= 11 is 0. The zero-order chi connectivity index (χ0) is 13.0. The Labute approximate surface area is 108 Å². The average molecular weight is 239 g/mol. The van der Waals surface area contributed by atoms with Crippen LogP contribution < -0.4 is 4.90 Å². The lowest BCUT2D eigenvalue weighted by Crippen LogP contribution is -2.36. The standard InChI is InChI=1S/C16H17NO/c1-13(16(18)14-9-5-3-6-10-14)17(2)15-11-7-4-8-12-15/h3-13H,1-2H3/t13-/m1/s1. The van der Waals surface area contributed by atoms with Crippen LogP contribution in [0.5, 0.6) is 0 Å². The molecule has 0 spiro atoms. The number of anilines is 1. The van der Waals surface area contributed by atoms with E-state index in [1.54, 1.807) is 0 Å². The maximum absolute atomic E-state index is 12.3. The molecule has 0 radical (unpaired) electrons. The number of rotatable bonds is 4. The third-order valence-electron chi connectivity index (χ3n) is 3.18. The Bertz CT molecular complexity index is 507. The third-order valence-corrected chi connectivity index (χ3v) is 3.18. The molecule has 1 atom stereocenters. The maximum Gasteiger partial charge on any atom is 0.184 e. The van der Waals surface area contributed by atoms with Crippen molar-refractivity contribution in [3.63, 3.8) is 0 Å². The number of nitrogens with zero attached hydrogens (tertiary/aromatic N) is 1. The molecule has 2 aromatic rings. The molecule has 0 aliphatic carbocycles. The minimum Gasteiger partial charge on any atom is -0.364 e. The van der Waals surface area contributed by atoms with E-state index in [4.69, 9.17) is 0 Å². The fraction of sp³-hybridized carbons (Fsp3) is 0.188. The number of hydrogen-bond acceptors (Lipinski definition) is 2. The van der Waals surface area contributed by atoms with Gasteiger partial charge in [0.25, 0.3) is 0 Å². The molecule has 2 heteroatoms. The van der Waals surface area contributed by atoms with E-state index in [1.165, 1.54) is 0 Å². The van der Waals surface area contributed by atoms with Gasteiger partial charge in [-0.25, -0.2) is 0 Å². The van der Waals surface area contributed by atoms with Crippen LogP contribution in [-0.4, -0.2) is 18.9 Å². The maximum atomic E-state index is 12.3. The van der Waals surface area contributed by atoms with Crippen molar-refractivity contribution in [2.45, 2.75) is 13.0 Å². The van der Waals surface area contributed by atoms with E-state index < -0.39 is 0 Å². The van der Waals surface area contributed by atoms with Gasteiger partial charge in [-0.05, 0) is 19.1 Å². The van der Waals surface area contributed by atoms with Gasteiger partial charge in [-0.3, -0.25) is 4.79 Å². The minimum absolute atomic E-state index is 0.141. The van der Waals surface area contributed by atoms with Crippen molar-refractivity contribution in [3.05, 3.63) is 66.2 Å². The number of likely N-dealkylation sites (N-methyl/N-ethyl adjacent to an activating group) is 1. The van der Waals surface area contributed by atoms with E-state index in [-0.39, 0.29) is 11.8 Å². The van der Waals surface area contributed by atoms with Crippen LogP contribution >= 0.6 is 0 Å². The number of para-hydroxylation sites is 1. The molecule has 0 N–H and O–H groups in total. The molecule has 2 nitrogen and oxygen atoms in total. The lowest BCUT2D eigenvalue weighted by molar-refractivity contribution is 0.0966. The molecule has 18 heavy (non-hydrogen) atoms. The summed E-state index contributed by atoms with van der Waals surface area (Å²) in [4.78, 5) is 14.3. The lowest BCUT2D eigenvalue weighted by Gasteiger charge is -2.25. The highest BCUT2D eigenvalue weighted by Crippen LogP contribution is 2.16. The molecule has 0 saturated heterocycles. The van der Waals surface area contributed by atoms with Gasteiger partial charge in [0.05, 0.1) is 6.04 Å². The van der Waals surface area contributed by atoms with E-state index in [9.17, 15) is 4.79 Å². The van der Waals surface area contributed by atoms with E-state index >= 15 is 0 Å². The molecule has 0 saturated carbocycles. The first-order valence-corrected chi connectivity index (χ1v) is 6.07. The van der Waals surface area contributed by atoms with Gasteiger partial charge >= 0.3 is 0 Å². The smallest absolute Gasteiger partial charge is 0.184 e. The summed E-state index contributed by atoms with van der Waals surface area (Å²) in [5, 5.41) is 0. The minimum atomic E-state index is -0.171. The summed E-state index contributed by atoms with van der Waals surface area (Å²) in [7, 11) is 1.95. The summed E-state index contributed by atoms with van der Waals surface area (Å²) in [5.41, 5.74) is 1.81. The molecule has 0 unspecified atom stereocenters. The van der Waals surface area contributed by atoms with Crippen LogP contribution in [0.2, 0.25) is 0 Å². The lowest BCUT2D eigenvalue weighted by atomic mass is 10.0. The summed E-state index contributed by atoms with van der Waals surface area (Å²) in [6, 6.07) is 19.2. The largest absolute Gasteiger partial charge is 0.364 e. The van der Waals surface area contributed by atoms with Crippen molar-refractivity contribution in [3.8, 4) is 0 Å². The predicted molar refractivity (Wildman–Crippen MR) is 75.1 cm³/mol. The summed E-state index contributed by atoms with van der Waals surface area (Å²) < 4.78 is 0. The van der Waals surface area contributed by atoms with Crippen LogP contribution in [0.1, 0.15) is 17.3 Å². The Morgan fingerprint density at radius 3 is 2.00 bits per heavy atom. The van der Waals surface area contributed by atoms with E-state index in [0.29, 0.717) is 0 Å². The number of carbonyl (C=O) groups excluding carboxylic acids is 1. The third kappa shape index (κ3) is 2.59. The van der Waals surface area contributed by atoms with Gasteiger partial charge in [0.15, 0.2) is 5.78 Å². The van der Waals surface area contributed by atoms with Gasteiger partial charge in [-0.2, -0.15) is 0 Å². The van der Waals surface area contributed by atoms with Crippen LogP contribution in [0.15, 0.2) is 60.7 Å². The molecule has 2 aromatic carbocycles. The normalized spacial score (nSPS) is 11.9. The molecule has 0 aliphatic rings. The number of Topliss-reactive ketones (excluding diaryl/α,β-unsaturated/α-hetero) is 1. The first kappa shape index (κ1) is 12.4. The quantitative estimate of drug-likeness (QED) is 0.762. The van der Waals surface area contributed by atoms with Gasteiger partial charge in [0, 0.05) is 18.3 Å². The molecule has 0 aromatic heterocycles. The number of hydrogen-bond donors (Lipinski definition) is 0. The first-order valence-electron chi connectivity index (χ1n) is 6.07. The highest BCUT2D eigenvalue weighted by atomic mass is 16.1. The van der Waals surface area contributed by atoms with E-state index in [2.05, 4.69) is 0 Å². The van der Waals surface area contributed by atoms with Gasteiger partial charge < -0.3 is 4.90 Å². The molecule has 92 valence electrons. The second kappa shape index (κ2) is 5.50. The Kier molecular flexibility index (Phi) is 3.78. The predicted octanol–water partition coefficient (Wildman–Crippen LogP) is 3.39. The van der Waals surface area contributed by atoms with Crippen LogP contribution in [0, 0.1) is 0 Å². The van der Waals surface area contributed by atoms with Crippen molar-refractivity contribution in [1.29, 1.82) is 0 Å². The Morgan fingerprint density at radius 2 is 1.44 bits per heavy atom. The van der Waals surface area contributed by atoms with Crippen molar-refractivity contribution >= 4 is 11.5 Å². The van der Waals surface area contributed by atoms with Crippen molar-refractivity contribution < 1.29 is 4.79 Å². The average Bonchev–Trinajstić information content (AvgIpc) is 2.47. The molecular weight excluding hydrogens is 222 g/mol.